The smallest absolute Gasteiger partial charge is 0.242 e. The fourth-order valence-corrected chi connectivity index (χ4v) is 3.30. The topological polar surface area (TPSA) is 69.0 Å². The summed E-state index contributed by atoms with van der Waals surface area (Å²) in [7, 11) is 0. The van der Waals surface area contributed by atoms with Crippen LogP contribution in [0.2, 0.25) is 0 Å². The van der Waals surface area contributed by atoms with Gasteiger partial charge < -0.3 is 10.2 Å². The van der Waals surface area contributed by atoms with Crippen molar-refractivity contribution in [3.05, 3.63) is 22.9 Å². The lowest BCUT2D eigenvalue weighted by Gasteiger charge is -2.36. The number of amides is 1. The number of anilines is 1. The number of carbonyl (C=O) groups is 1. The summed E-state index contributed by atoms with van der Waals surface area (Å²) in [6.45, 7) is 3.32. The van der Waals surface area contributed by atoms with Gasteiger partial charge in [-0.2, -0.15) is 5.26 Å². The first-order chi connectivity index (χ1) is 10.2. The fourth-order valence-electron chi connectivity index (χ4n) is 3.30. The molecule has 21 heavy (non-hydrogen) atoms. The van der Waals surface area contributed by atoms with Crippen LogP contribution in [0.5, 0.6) is 0 Å². The number of aromatic nitrogens is 1. The standard InChI is InChI=1S/C16H20N4O/c1-2-14-16(21)18-7-8-20(14)15-12(10-17)9-11-5-3-4-6-13(11)19-15/h9,14H,2-8H2,1H3,(H,18,21). The molecule has 3 rings (SSSR count). The number of pyridine rings is 1. The van der Waals surface area contributed by atoms with Crippen molar-refractivity contribution in [2.75, 3.05) is 18.0 Å². The van der Waals surface area contributed by atoms with Crippen LogP contribution < -0.4 is 10.2 Å². The molecular formula is C16H20N4O. The zero-order valence-electron chi connectivity index (χ0n) is 12.4. The molecule has 1 saturated heterocycles. The quantitative estimate of drug-likeness (QED) is 0.894. The Morgan fingerprint density at radius 3 is 3.05 bits per heavy atom. The second-order valence-corrected chi connectivity index (χ2v) is 5.69. The molecule has 2 aliphatic rings. The number of hydrogen-bond acceptors (Lipinski definition) is 4. The number of hydrogen-bond donors (Lipinski definition) is 1. The molecule has 110 valence electrons. The van der Waals surface area contributed by atoms with Gasteiger partial charge in [-0.15, -0.1) is 0 Å². The molecule has 0 radical (unpaired) electrons. The molecule has 5 heteroatoms. The summed E-state index contributed by atoms with van der Waals surface area (Å²) in [6.07, 6.45) is 5.03. The van der Waals surface area contributed by atoms with Crippen LogP contribution >= 0.6 is 0 Å². The molecule has 1 fully saturated rings. The van der Waals surface area contributed by atoms with Crippen LogP contribution in [-0.2, 0) is 17.6 Å². The predicted octanol–water partition coefficient (Wildman–Crippen LogP) is 1.55. The number of piperazine rings is 1. The third-order valence-electron chi connectivity index (χ3n) is 4.39. The molecular weight excluding hydrogens is 264 g/mol. The third-order valence-corrected chi connectivity index (χ3v) is 4.39. The SMILES string of the molecule is CCC1C(=O)NCCN1c1nc2c(cc1C#N)CCCC2. The maximum atomic E-state index is 12.0. The fraction of sp³-hybridized carbons (Fsp3) is 0.562. The van der Waals surface area contributed by atoms with Crippen LogP contribution in [0.1, 0.15) is 43.0 Å². The highest BCUT2D eigenvalue weighted by Gasteiger charge is 2.31. The van der Waals surface area contributed by atoms with Gasteiger partial charge in [0.15, 0.2) is 0 Å². The summed E-state index contributed by atoms with van der Waals surface area (Å²) in [5, 5.41) is 12.3. The Morgan fingerprint density at radius 2 is 2.29 bits per heavy atom. The first-order valence-corrected chi connectivity index (χ1v) is 7.72. The van der Waals surface area contributed by atoms with E-state index in [1.54, 1.807) is 0 Å². The highest BCUT2D eigenvalue weighted by atomic mass is 16.2. The van der Waals surface area contributed by atoms with E-state index in [2.05, 4.69) is 11.4 Å². The Bertz CT molecular complexity index is 605. The molecule has 1 aromatic rings. The summed E-state index contributed by atoms with van der Waals surface area (Å²) >= 11 is 0. The maximum absolute atomic E-state index is 12.0. The Balaban J connectivity index is 2.04. The number of rotatable bonds is 2. The molecule has 1 aromatic heterocycles. The number of carbonyl (C=O) groups excluding carboxylic acids is 1. The summed E-state index contributed by atoms with van der Waals surface area (Å²) in [5.74, 6) is 0.729. The van der Waals surface area contributed by atoms with Crippen molar-refractivity contribution < 1.29 is 4.79 Å². The lowest BCUT2D eigenvalue weighted by molar-refractivity contribution is -0.123. The average molecular weight is 284 g/mol. The second kappa shape index (κ2) is 5.72. The molecule has 0 saturated carbocycles. The lowest BCUT2D eigenvalue weighted by Crippen LogP contribution is -2.55. The van der Waals surface area contributed by atoms with Crippen molar-refractivity contribution in [1.82, 2.24) is 10.3 Å². The first kappa shape index (κ1) is 13.9. The van der Waals surface area contributed by atoms with Gasteiger partial charge in [-0.3, -0.25) is 4.79 Å². The molecule has 1 atom stereocenters. The molecule has 1 unspecified atom stereocenters. The van der Waals surface area contributed by atoms with Gasteiger partial charge in [-0.1, -0.05) is 6.92 Å². The van der Waals surface area contributed by atoms with Crippen LogP contribution in [0.15, 0.2) is 6.07 Å². The summed E-state index contributed by atoms with van der Waals surface area (Å²) < 4.78 is 0. The molecule has 1 aliphatic carbocycles. The summed E-state index contributed by atoms with van der Waals surface area (Å²) in [4.78, 5) is 18.8. The monoisotopic (exact) mass is 284 g/mol. The summed E-state index contributed by atoms with van der Waals surface area (Å²) in [5.41, 5.74) is 2.91. The molecule has 1 N–H and O–H groups in total. The molecule has 0 aromatic carbocycles. The van der Waals surface area contributed by atoms with Crippen LogP contribution in [0.25, 0.3) is 0 Å². The lowest BCUT2D eigenvalue weighted by atomic mass is 9.94. The number of fused-ring (bicyclic) bond motifs is 1. The number of aryl methyl sites for hydroxylation is 2. The number of nitrogens with one attached hydrogen (secondary N) is 1. The Labute approximate surface area is 125 Å². The van der Waals surface area contributed by atoms with Gasteiger partial charge >= 0.3 is 0 Å². The van der Waals surface area contributed by atoms with Crippen molar-refractivity contribution in [1.29, 1.82) is 5.26 Å². The summed E-state index contributed by atoms with van der Waals surface area (Å²) in [6, 6.07) is 4.03. The van der Waals surface area contributed by atoms with Gasteiger partial charge in [0.1, 0.15) is 17.9 Å². The van der Waals surface area contributed by atoms with E-state index in [-0.39, 0.29) is 11.9 Å². The molecule has 2 heterocycles. The van der Waals surface area contributed by atoms with Crippen LogP contribution in [0.4, 0.5) is 5.82 Å². The first-order valence-electron chi connectivity index (χ1n) is 7.72. The van der Waals surface area contributed by atoms with Gasteiger partial charge in [0.25, 0.3) is 0 Å². The predicted molar refractivity (Wildman–Crippen MR) is 80.0 cm³/mol. The zero-order valence-corrected chi connectivity index (χ0v) is 12.4. The van der Waals surface area contributed by atoms with E-state index in [4.69, 9.17) is 4.98 Å². The van der Waals surface area contributed by atoms with Crippen LogP contribution in [0.3, 0.4) is 0 Å². The Morgan fingerprint density at radius 1 is 1.48 bits per heavy atom. The third kappa shape index (κ3) is 2.46. The van der Waals surface area contributed by atoms with E-state index in [1.807, 2.05) is 17.9 Å². The average Bonchev–Trinajstić information content (AvgIpc) is 2.53. The molecule has 0 spiro atoms. The molecule has 1 amide bonds. The van der Waals surface area contributed by atoms with Gasteiger partial charge in [0.05, 0.1) is 5.56 Å². The minimum absolute atomic E-state index is 0.0344. The van der Waals surface area contributed by atoms with Gasteiger partial charge in [-0.05, 0) is 43.7 Å². The van der Waals surface area contributed by atoms with Crippen molar-refractivity contribution >= 4 is 11.7 Å². The van der Waals surface area contributed by atoms with E-state index >= 15 is 0 Å². The van der Waals surface area contributed by atoms with Gasteiger partial charge in [-0.25, -0.2) is 4.98 Å². The van der Waals surface area contributed by atoms with E-state index in [0.29, 0.717) is 24.5 Å². The van der Waals surface area contributed by atoms with Crippen LogP contribution in [-0.4, -0.2) is 30.0 Å². The van der Waals surface area contributed by atoms with Crippen molar-refractivity contribution in [2.24, 2.45) is 0 Å². The van der Waals surface area contributed by atoms with E-state index < -0.39 is 0 Å². The van der Waals surface area contributed by atoms with E-state index in [1.165, 1.54) is 12.0 Å². The van der Waals surface area contributed by atoms with Gasteiger partial charge in [0.2, 0.25) is 5.91 Å². The Kier molecular flexibility index (Phi) is 3.78. The molecule has 5 nitrogen and oxygen atoms in total. The highest BCUT2D eigenvalue weighted by Crippen LogP contribution is 2.28. The maximum Gasteiger partial charge on any atom is 0.242 e. The van der Waals surface area contributed by atoms with E-state index in [0.717, 1.165) is 31.4 Å². The minimum atomic E-state index is -0.222. The molecule has 0 bridgehead atoms. The highest BCUT2D eigenvalue weighted by molar-refractivity contribution is 5.86. The second-order valence-electron chi connectivity index (χ2n) is 5.69. The van der Waals surface area contributed by atoms with Crippen molar-refractivity contribution in [3.63, 3.8) is 0 Å². The number of nitriles is 1. The largest absolute Gasteiger partial charge is 0.353 e. The van der Waals surface area contributed by atoms with E-state index in [9.17, 15) is 10.1 Å². The van der Waals surface area contributed by atoms with Crippen molar-refractivity contribution in [2.45, 2.75) is 45.1 Å². The minimum Gasteiger partial charge on any atom is -0.353 e. The van der Waals surface area contributed by atoms with Crippen molar-refractivity contribution in [3.8, 4) is 6.07 Å². The number of nitrogens with zero attached hydrogens (tertiary/aromatic N) is 3. The normalized spacial score (nSPS) is 21.4. The Hall–Kier alpha value is -2.09. The van der Waals surface area contributed by atoms with Gasteiger partial charge in [0, 0.05) is 18.8 Å². The van der Waals surface area contributed by atoms with Crippen LogP contribution in [0, 0.1) is 11.3 Å². The molecule has 1 aliphatic heterocycles. The zero-order chi connectivity index (χ0) is 14.8.